The minimum absolute atomic E-state index is 0.103. The van der Waals surface area contributed by atoms with Crippen molar-refractivity contribution < 1.29 is 9.53 Å². The summed E-state index contributed by atoms with van der Waals surface area (Å²) < 4.78 is 5.41. The second-order valence-electron chi connectivity index (χ2n) is 8.39. The van der Waals surface area contributed by atoms with Gasteiger partial charge < -0.3 is 14.5 Å². The van der Waals surface area contributed by atoms with Crippen LogP contribution in [0.25, 0.3) is 10.9 Å². The summed E-state index contributed by atoms with van der Waals surface area (Å²) in [5.41, 5.74) is 2.93. The number of pyridine rings is 1. The summed E-state index contributed by atoms with van der Waals surface area (Å²) in [7, 11) is 3.70. The Morgan fingerprint density at radius 1 is 1.15 bits per heavy atom. The first kappa shape index (κ1) is 21.9. The van der Waals surface area contributed by atoms with E-state index in [0.29, 0.717) is 19.1 Å². The lowest BCUT2D eigenvalue weighted by Crippen LogP contribution is -2.33. The normalized spacial score (nSPS) is 13.3. The fourth-order valence-electron chi connectivity index (χ4n) is 4.03. The molecule has 170 valence electrons. The molecule has 1 fully saturated rings. The van der Waals surface area contributed by atoms with Crippen LogP contribution in [0.5, 0.6) is 5.75 Å². The molecule has 0 radical (unpaired) electrons. The number of nitrogens with zero attached hydrogens (tertiary/aromatic N) is 4. The lowest BCUT2D eigenvalue weighted by atomic mass is 10.1. The lowest BCUT2D eigenvalue weighted by molar-refractivity contribution is 0.0735. The number of methoxy groups -OCH3 is 1. The summed E-state index contributed by atoms with van der Waals surface area (Å²) in [4.78, 5) is 27.9. The number of thiazole rings is 1. The average Bonchev–Trinajstić information content (AvgIpc) is 3.34. The Morgan fingerprint density at radius 2 is 2.00 bits per heavy atom. The molecule has 6 nitrogen and oxygen atoms in total. The van der Waals surface area contributed by atoms with Gasteiger partial charge in [0.15, 0.2) is 0 Å². The van der Waals surface area contributed by atoms with Gasteiger partial charge in [-0.15, -0.1) is 22.7 Å². The number of benzene rings is 1. The third-order valence-corrected chi connectivity index (χ3v) is 7.51. The molecule has 33 heavy (non-hydrogen) atoms. The molecule has 1 amide bonds. The van der Waals surface area contributed by atoms with Gasteiger partial charge in [-0.05, 0) is 49.4 Å². The van der Waals surface area contributed by atoms with E-state index in [0.717, 1.165) is 56.5 Å². The molecule has 3 aromatic heterocycles. The first-order chi connectivity index (χ1) is 16.0. The number of amides is 1. The summed E-state index contributed by atoms with van der Waals surface area (Å²) in [6.07, 6.45) is 2.11. The average molecular weight is 479 g/mol. The van der Waals surface area contributed by atoms with Crippen molar-refractivity contribution in [1.82, 2.24) is 14.9 Å². The Bertz CT molecular complexity index is 1280. The topological polar surface area (TPSA) is 58.6 Å². The van der Waals surface area contributed by atoms with Gasteiger partial charge in [-0.3, -0.25) is 4.79 Å². The van der Waals surface area contributed by atoms with Gasteiger partial charge in [-0.25, -0.2) is 9.97 Å². The number of aromatic nitrogens is 2. The van der Waals surface area contributed by atoms with Gasteiger partial charge in [0.2, 0.25) is 0 Å². The van der Waals surface area contributed by atoms with Crippen LogP contribution in [0.2, 0.25) is 0 Å². The van der Waals surface area contributed by atoms with Crippen molar-refractivity contribution in [3.8, 4) is 5.75 Å². The highest BCUT2D eigenvalue weighted by Crippen LogP contribution is 2.34. The Morgan fingerprint density at radius 3 is 2.67 bits per heavy atom. The molecule has 1 aliphatic rings. The van der Waals surface area contributed by atoms with E-state index in [1.54, 1.807) is 18.4 Å². The molecule has 1 saturated carbocycles. The first-order valence-electron chi connectivity index (χ1n) is 11.0. The predicted molar refractivity (Wildman–Crippen MR) is 134 cm³/mol. The number of hydrogen-bond acceptors (Lipinski definition) is 7. The van der Waals surface area contributed by atoms with Crippen molar-refractivity contribution >= 4 is 45.3 Å². The van der Waals surface area contributed by atoms with Crippen LogP contribution in [-0.2, 0) is 13.1 Å². The monoisotopic (exact) mass is 478 g/mol. The van der Waals surface area contributed by atoms with Crippen LogP contribution < -0.4 is 9.64 Å². The van der Waals surface area contributed by atoms with Gasteiger partial charge in [0.25, 0.3) is 5.91 Å². The third kappa shape index (κ3) is 4.72. The maximum atomic E-state index is 13.3. The zero-order valence-corrected chi connectivity index (χ0v) is 20.6. The number of carbonyl (C=O) groups is 1. The van der Waals surface area contributed by atoms with E-state index >= 15 is 0 Å². The highest BCUT2D eigenvalue weighted by atomic mass is 32.1. The van der Waals surface area contributed by atoms with Crippen LogP contribution >= 0.6 is 22.7 Å². The van der Waals surface area contributed by atoms with Crippen LogP contribution in [0.1, 0.15) is 38.8 Å². The minimum Gasteiger partial charge on any atom is -0.497 e. The number of anilines is 1. The molecule has 0 unspecified atom stereocenters. The molecule has 1 aliphatic carbocycles. The first-order valence-corrected chi connectivity index (χ1v) is 12.7. The number of hydrogen-bond donors (Lipinski definition) is 0. The van der Waals surface area contributed by atoms with Gasteiger partial charge in [-0.2, -0.15) is 0 Å². The second-order valence-corrected chi connectivity index (χ2v) is 10.4. The van der Waals surface area contributed by atoms with Crippen molar-refractivity contribution in [1.29, 1.82) is 0 Å². The van der Waals surface area contributed by atoms with Crippen LogP contribution in [0.4, 0.5) is 5.82 Å². The zero-order valence-electron chi connectivity index (χ0n) is 18.9. The summed E-state index contributed by atoms with van der Waals surface area (Å²) in [5, 5.41) is 6.13. The molecule has 4 aromatic rings. The fraction of sp³-hybridized carbons (Fsp3) is 0.320. The Balaban J connectivity index is 1.53. The number of aryl methyl sites for hydroxylation is 1. The molecule has 8 heteroatoms. The largest absolute Gasteiger partial charge is 0.497 e. The summed E-state index contributed by atoms with van der Waals surface area (Å²) in [5.74, 6) is 1.75. The molecule has 5 rings (SSSR count). The molecule has 0 N–H and O–H groups in total. The SMILES string of the molecule is COc1ccc2cc(CN(C(=O)c3cccs3)C3CC3)c(N(C)Cc3csc(C)n3)nc2c1. The number of thiophene rings is 1. The third-order valence-electron chi connectivity index (χ3n) is 5.83. The number of ether oxygens (including phenoxy) is 1. The number of rotatable bonds is 8. The maximum absolute atomic E-state index is 13.3. The molecule has 0 saturated heterocycles. The van der Waals surface area contributed by atoms with E-state index in [1.807, 2.05) is 54.6 Å². The summed E-state index contributed by atoms with van der Waals surface area (Å²) in [6, 6.07) is 12.2. The Kier molecular flexibility index (Phi) is 6.03. The molecule has 1 aromatic carbocycles. The summed E-state index contributed by atoms with van der Waals surface area (Å²) >= 11 is 3.15. The van der Waals surface area contributed by atoms with Crippen LogP contribution in [-0.4, -0.2) is 41.0 Å². The molecular weight excluding hydrogens is 452 g/mol. The molecule has 0 atom stereocenters. The Hall–Kier alpha value is -2.97. The van der Waals surface area contributed by atoms with E-state index in [-0.39, 0.29) is 5.91 Å². The number of fused-ring (bicyclic) bond motifs is 1. The van der Waals surface area contributed by atoms with Crippen molar-refractivity contribution in [2.24, 2.45) is 0 Å². The fourth-order valence-corrected chi connectivity index (χ4v) is 5.31. The van der Waals surface area contributed by atoms with Crippen LogP contribution in [0.3, 0.4) is 0 Å². The lowest BCUT2D eigenvalue weighted by Gasteiger charge is -2.26. The van der Waals surface area contributed by atoms with E-state index in [4.69, 9.17) is 9.72 Å². The zero-order chi connectivity index (χ0) is 22.9. The van der Waals surface area contributed by atoms with Crippen molar-refractivity contribution in [3.05, 3.63) is 68.3 Å². The molecule has 0 aliphatic heterocycles. The maximum Gasteiger partial charge on any atom is 0.264 e. The highest BCUT2D eigenvalue weighted by molar-refractivity contribution is 7.12. The van der Waals surface area contributed by atoms with Gasteiger partial charge in [-0.1, -0.05) is 6.07 Å². The van der Waals surface area contributed by atoms with E-state index in [1.165, 1.54) is 11.3 Å². The van der Waals surface area contributed by atoms with Crippen LogP contribution in [0.15, 0.2) is 47.2 Å². The van der Waals surface area contributed by atoms with Gasteiger partial charge >= 0.3 is 0 Å². The molecule has 0 spiro atoms. The molecule has 3 heterocycles. The van der Waals surface area contributed by atoms with E-state index < -0.39 is 0 Å². The van der Waals surface area contributed by atoms with Crippen molar-refractivity contribution in [2.45, 2.75) is 38.9 Å². The van der Waals surface area contributed by atoms with Crippen LogP contribution in [0, 0.1) is 6.92 Å². The predicted octanol–water partition coefficient (Wildman–Crippen LogP) is 5.51. The standard InChI is InChI=1S/C25H26N4O2S2/c1-16-26-19(15-33-16)14-28(2)24-18(11-17-6-9-21(31-3)12-22(17)27-24)13-29(20-7-8-20)25(30)23-5-4-10-32-23/h4-6,9-12,15,20H,7-8,13-14H2,1-3H3. The minimum atomic E-state index is 0.103. The van der Waals surface area contributed by atoms with Gasteiger partial charge in [0, 0.05) is 42.0 Å². The number of carbonyl (C=O) groups excluding carboxylic acids is 1. The van der Waals surface area contributed by atoms with Gasteiger partial charge in [0.05, 0.1) is 34.7 Å². The molecular formula is C25H26N4O2S2. The molecule has 0 bridgehead atoms. The second kappa shape index (κ2) is 9.11. The summed E-state index contributed by atoms with van der Waals surface area (Å²) in [6.45, 7) is 3.21. The highest BCUT2D eigenvalue weighted by Gasteiger charge is 2.34. The Labute approximate surface area is 201 Å². The van der Waals surface area contributed by atoms with E-state index in [9.17, 15) is 4.79 Å². The quantitative estimate of drug-likeness (QED) is 0.334. The van der Waals surface area contributed by atoms with Gasteiger partial charge in [0.1, 0.15) is 11.6 Å². The van der Waals surface area contributed by atoms with E-state index in [2.05, 4.69) is 21.3 Å². The van der Waals surface area contributed by atoms with Crippen molar-refractivity contribution in [2.75, 3.05) is 19.1 Å². The smallest absolute Gasteiger partial charge is 0.264 e. The van der Waals surface area contributed by atoms with Crippen molar-refractivity contribution in [3.63, 3.8) is 0 Å².